The Balaban J connectivity index is 0.000000189. The quantitative estimate of drug-likeness (QED) is 0.0822. The second-order valence-corrected chi connectivity index (χ2v) is 15.8. The van der Waals surface area contributed by atoms with E-state index in [0.29, 0.717) is 75.6 Å². The number of aliphatic carboxylic acids is 2. The van der Waals surface area contributed by atoms with Gasteiger partial charge in [0, 0.05) is 71.6 Å². The fraction of sp³-hybridized carbons (Fsp3) is 0.289. The first kappa shape index (κ1) is 44.3. The molecule has 18 heteroatoms. The number of ether oxygens (including phenoxy) is 2. The summed E-state index contributed by atoms with van der Waals surface area (Å²) in [5.74, 6) is 0.557. The van der Waals surface area contributed by atoms with Crippen LogP contribution in [0.5, 0.6) is 11.8 Å². The highest BCUT2D eigenvalue weighted by Crippen LogP contribution is 2.35. The van der Waals surface area contributed by atoms with Crippen molar-refractivity contribution in [3.8, 4) is 57.4 Å². The van der Waals surface area contributed by atoms with Crippen molar-refractivity contribution in [2.24, 2.45) is 0 Å². The lowest BCUT2D eigenvalue weighted by Crippen LogP contribution is -2.07. The van der Waals surface area contributed by atoms with E-state index in [2.05, 4.69) is 39.8 Å². The van der Waals surface area contributed by atoms with Crippen molar-refractivity contribution < 1.29 is 38.3 Å². The predicted octanol–water partition coefficient (Wildman–Crippen LogP) is 10.4. The van der Waals surface area contributed by atoms with Crippen LogP contribution in [0.2, 0.25) is 10.0 Å². The Kier molecular flexibility index (Phi) is 13.7. The van der Waals surface area contributed by atoms with Crippen LogP contribution in [0.3, 0.4) is 0 Å². The molecule has 63 heavy (non-hydrogen) atoms. The van der Waals surface area contributed by atoms with Gasteiger partial charge in [-0.25, -0.2) is 9.97 Å². The molecule has 6 aromatic heterocycles. The molecular weight excluding hydrogens is 851 g/mol. The van der Waals surface area contributed by atoms with E-state index in [9.17, 15) is 9.59 Å². The molecule has 8 aromatic rings. The summed E-state index contributed by atoms with van der Waals surface area (Å²) in [5, 5.41) is 28.9. The number of halogens is 2. The average Bonchev–Trinajstić information content (AvgIpc) is 4.09. The molecule has 0 fully saturated rings. The molecule has 0 aliphatic carbocycles. The molecule has 6 heterocycles. The molecule has 16 nitrogen and oxygen atoms in total. The Morgan fingerprint density at radius 1 is 0.746 bits per heavy atom. The van der Waals surface area contributed by atoms with Crippen LogP contribution in [0.4, 0.5) is 0 Å². The monoisotopic (exact) mass is 894 g/mol. The van der Waals surface area contributed by atoms with Crippen molar-refractivity contribution in [3.05, 3.63) is 94.5 Å². The predicted molar refractivity (Wildman–Crippen MR) is 237 cm³/mol. The fourth-order valence-corrected chi connectivity index (χ4v) is 7.38. The number of aromatic amines is 1. The van der Waals surface area contributed by atoms with Crippen LogP contribution in [0.1, 0.15) is 65.0 Å². The van der Waals surface area contributed by atoms with Gasteiger partial charge in [-0.2, -0.15) is 9.97 Å². The summed E-state index contributed by atoms with van der Waals surface area (Å²) in [7, 11) is 0. The number of aryl methyl sites for hydroxylation is 3. The second kappa shape index (κ2) is 19.5. The molecule has 0 radical (unpaired) electrons. The molecule has 0 unspecified atom stereocenters. The van der Waals surface area contributed by atoms with Gasteiger partial charge >= 0.3 is 11.9 Å². The van der Waals surface area contributed by atoms with E-state index >= 15 is 0 Å². The van der Waals surface area contributed by atoms with Gasteiger partial charge in [-0.3, -0.25) is 9.59 Å². The SMILES string of the molecule is CC(C)Oc1ncc(-c2nc(-c3ccc(CCCC(=O)O)c4[nH]ccc34)no2)cc1Cl.CCn1ccc2c(-c3noc(-c4cnc(OC(C)C)c(Cl)c4)n3)ccc(CCC(=O)O)c21. The lowest BCUT2D eigenvalue weighted by molar-refractivity contribution is -0.138. The third kappa shape index (κ3) is 10.3. The number of benzene rings is 2. The molecule has 0 saturated carbocycles. The van der Waals surface area contributed by atoms with Crippen molar-refractivity contribution >= 4 is 56.9 Å². The van der Waals surface area contributed by atoms with E-state index in [4.69, 9.17) is 51.9 Å². The number of hydrogen-bond donors (Lipinski definition) is 3. The molecule has 2 aromatic carbocycles. The van der Waals surface area contributed by atoms with Gasteiger partial charge in [-0.1, -0.05) is 57.8 Å². The number of aromatic nitrogens is 8. The molecule has 0 bridgehead atoms. The number of fused-ring (bicyclic) bond motifs is 2. The Labute approximate surface area is 371 Å². The van der Waals surface area contributed by atoms with E-state index in [-0.39, 0.29) is 25.0 Å². The maximum Gasteiger partial charge on any atom is 0.303 e. The number of rotatable bonds is 16. The number of carbonyl (C=O) groups is 2. The Hall–Kier alpha value is -6.78. The third-order valence-corrected chi connectivity index (χ3v) is 10.3. The molecule has 326 valence electrons. The Bertz CT molecular complexity index is 2900. The first-order valence-electron chi connectivity index (χ1n) is 20.3. The minimum atomic E-state index is -0.822. The van der Waals surface area contributed by atoms with Gasteiger partial charge in [0.15, 0.2) is 0 Å². The van der Waals surface area contributed by atoms with Crippen LogP contribution in [-0.2, 0) is 29.0 Å². The molecule has 0 atom stereocenters. The molecule has 8 rings (SSSR count). The summed E-state index contributed by atoms with van der Waals surface area (Å²) in [4.78, 5) is 42.7. The van der Waals surface area contributed by atoms with Gasteiger partial charge in [0.05, 0.1) is 28.9 Å². The molecule has 0 amide bonds. The van der Waals surface area contributed by atoms with Crippen LogP contribution >= 0.6 is 23.2 Å². The molecule has 0 saturated heterocycles. The highest BCUT2D eigenvalue weighted by Gasteiger charge is 2.20. The maximum absolute atomic E-state index is 11.1. The Morgan fingerprint density at radius 2 is 1.30 bits per heavy atom. The number of pyridine rings is 2. The largest absolute Gasteiger partial charge is 0.481 e. The lowest BCUT2D eigenvalue weighted by Gasteiger charge is -2.10. The molecule has 0 spiro atoms. The van der Waals surface area contributed by atoms with Crippen molar-refractivity contribution in [1.29, 1.82) is 0 Å². The molecule has 0 aliphatic heterocycles. The zero-order valence-corrected chi connectivity index (χ0v) is 36.6. The van der Waals surface area contributed by atoms with Crippen LogP contribution < -0.4 is 9.47 Å². The van der Waals surface area contributed by atoms with Crippen molar-refractivity contribution in [3.63, 3.8) is 0 Å². The highest BCUT2D eigenvalue weighted by atomic mass is 35.5. The smallest absolute Gasteiger partial charge is 0.303 e. The summed E-state index contributed by atoms with van der Waals surface area (Å²) in [6.07, 6.45) is 8.79. The van der Waals surface area contributed by atoms with Crippen LogP contribution in [0.25, 0.3) is 67.5 Å². The molecule has 0 aliphatic rings. The lowest BCUT2D eigenvalue weighted by atomic mass is 10.0. The number of H-pyrrole nitrogens is 1. The summed E-state index contributed by atoms with van der Waals surface area (Å²) >= 11 is 12.6. The summed E-state index contributed by atoms with van der Waals surface area (Å²) in [6.45, 7) is 10.4. The van der Waals surface area contributed by atoms with Crippen molar-refractivity contribution in [2.45, 2.75) is 85.5 Å². The maximum atomic E-state index is 11.1. The van der Waals surface area contributed by atoms with E-state index in [1.165, 1.54) is 0 Å². The number of nitrogens with zero attached hydrogens (tertiary/aromatic N) is 7. The zero-order valence-electron chi connectivity index (χ0n) is 35.1. The van der Waals surface area contributed by atoms with Crippen molar-refractivity contribution in [1.82, 2.24) is 39.8 Å². The van der Waals surface area contributed by atoms with Gasteiger partial charge in [-0.05, 0) is 89.3 Å². The third-order valence-electron chi connectivity index (χ3n) is 9.74. The first-order chi connectivity index (χ1) is 30.3. The van der Waals surface area contributed by atoms with Gasteiger partial charge in [0.1, 0.15) is 10.0 Å². The summed E-state index contributed by atoms with van der Waals surface area (Å²) in [6, 6.07) is 15.0. The van der Waals surface area contributed by atoms with Crippen LogP contribution in [0, 0.1) is 0 Å². The van der Waals surface area contributed by atoms with Gasteiger partial charge in [0.25, 0.3) is 11.8 Å². The van der Waals surface area contributed by atoms with Crippen molar-refractivity contribution in [2.75, 3.05) is 0 Å². The molecular formula is C45H44Cl2N8O8. The van der Waals surface area contributed by atoms with Gasteiger partial charge in [-0.15, -0.1) is 0 Å². The molecule has 3 N–H and O–H groups in total. The first-order valence-corrected chi connectivity index (χ1v) is 21.0. The number of hydrogen-bond acceptors (Lipinski definition) is 12. The topological polar surface area (TPSA) is 217 Å². The standard InChI is InChI=1S/C23H23ClN4O4.C22H21ClN4O4/c1-4-28-10-9-16-17(7-5-14(20(16)28)6-8-19(29)30)21-26-22(32-27-21)15-11-18(24)23(25-12-15)31-13(2)3;1-12(2)30-22-17(23)10-14(11-25-22)21-26-20(27-31-21)16-7-6-13(4-3-5-18(28)29)19-15(16)8-9-24-19/h5,7,9-13H,4,6,8H2,1-3H3,(H,29,30);6-12,24H,3-5H2,1-2H3,(H,28,29). The van der Waals surface area contributed by atoms with E-state index in [1.54, 1.807) is 24.5 Å². The minimum absolute atomic E-state index is 0.0401. The van der Waals surface area contributed by atoms with E-state index in [1.807, 2.05) is 83.4 Å². The normalized spacial score (nSPS) is 11.4. The average molecular weight is 896 g/mol. The van der Waals surface area contributed by atoms with Gasteiger partial charge < -0.3 is 38.3 Å². The zero-order chi connectivity index (χ0) is 44.8. The minimum Gasteiger partial charge on any atom is -0.481 e. The summed E-state index contributed by atoms with van der Waals surface area (Å²) < 4.78 is 24.2. The summed E-state index contributed by atoms with van der Waals surface area (Å²) in [5.41, 5.74) is 6.74. The number of carboxylic acid groups (broad SMARTS) is 2. The van der Waals surface area contributed by atoms with E-state index < -0.39 is 11.9 Å². The van der Waals surface area contributed by atoms with E-state index in [0.717, 1.165) is 50.6 Å². The second-order valence-electron chi connectivity index (χ2n) is 15.0. The fourth-order valence-electron chi connectivity index (χ4n) is 6.96. The van der Waals surface area contributed by atoms with Crippen LogP contribution in [0.15, 0.2) is 82.4 Å². The number of nitrogens with one attached hydrogen (secondary N) is 1. The Morgan fingerprint density at radius 3 is 1.83 bits per heavy atom. The number of carboxylic acids is 2. The van der Waals surface area contributed by atoms with Crippen LogP contribution in [-0.4, -0.2) is 74.2 Å². The van der Waals surface area contributed by atoms with Gasteiger partial charge in [0.2, 0.25) is 23.4 Å². The highest BCUT2D eigenvalue weighted by molar-refractivity contribution is 6.32.